The van der Waals surface area contributed by atoms with Crippen LogP contribution in [0.3, 0.4) is 0 Å². The number of carbonyl (C=O) groups excluding carboxylic acids is 1. The van der Waals surface area contributed by atoms with E-state index in [-0.39, 0.29) is 29.3 Å². The van der Waals surface area contributed by atoms with Crippen molar-refractivity contribution in [3.63, 3.8) is 0 Å². The molecule has 0 aliphatic heterocycles. The van der Waals surface area contributed by atoms with Gasteiger partial charge in [-0.05, 0) is 60.5 Å². The molecule has 6 rings (SSSR count). The highest BCUT2D eigenvalue weighted by Gasteiger charge is 2.34. The average molecular weight is 500 g/mol. The number of alkyl halides is 3. The Hall–Kier alpha value is -4.73. The van der Waals surface area contributed by atoms with Crippen molar-refractivity contribution in [3.8, 4) is 16.9 Å². The molecule has 0 spiro atoms. The van der Waals surface area contributed by atoms with Crippen LogP contribution in [0.4, 0.5) is 19.0 Å². The highest BCUT2D eigenvalue weighted by molar-refractivity contribution is 6.15. The summed E-state index contributed by atoms with van der Waals surface area (Å²) in [7, 11) is 0. The Labute approximate surface area is 208 Å². The second-order valence-electron chi connectivity index (χ2n) is 8.87. The van der Waals surface area contributed by atoms with Crippen LogP contribution >= 0.6 is 0 Å². The van der Waals surface area contributed by atoms with Gasteiger partial charge in [-0.1, -0.05) is 12.1 Å². The van der Waals surface area contributed by atoms with E-state index in [1.165, 1.54) is 23.1 Å². The number of hydrogen-bond donors (Lipinski definition) is 2. The molecule has 2 aromatic carbocycles. The lowest BCUT2D eigenvalue weighted by molar-refractivity contribution is -0.137. The van der Waals surface area contributed by atoms with Crippen LogP contribution in [0.1, 0.15) is 32.9 Å². The van der Waals surface area contributed by atoms with Gasteiger partial charge >= 0.3 is 6.18 Å². The summed E-state index contributed by atoms with van der Waals surface area (Å²) < 4.78 is 41.9. The average Bonchev–Trinajstić information content (AvgIpc) is 3.57. The number of Topliss-reactive ketones (excluding diaryl/α,β-unsaturated/α-hetero) is 1. The fraction of sp³-hybridized carbons (Fsp3) is 0.111. The van der Waals surface area contributed by atoms with Crippen LogP contribution in [0, 0.1) is 6.92 Å². The first-order valence-electron chi connectivity index (χ1n) is 11.4. The third-order valence-electron chi connectivity index (χ3n) is 6.41. The predicted molar refractivity (Wildman–Crippen MR) is 133 cm³/mol. The highest BCUT2D eigenvalue weighted by Crippen LogP contribution is 2.38. The van der Waals surface area contributed by atoms with Crippen molar-refractivity contribution in [1.82, 2.24) is 24.7 Å². The number of pyridine rings is 1. The summed E-state index contributed by atoms with van der Waals surface area (Å²) in [5, 5.41) is 4.32. The summed E-state index contributed by atoms with van der Waals surface area (Å²) in [6.45, 7) is 1.86. The molecule has 1 aliphatic carbocycles. The molecule has 0 fully saturated rings. The molecule has 10 heteroatoms. The zero-order valence-electron chi connectivity index (χ0n) is 19.5. The normalized spacial score (nSPS) is 13.1. The molecule has 0 saturated carbocycles. The van der Waals surface area contributed by atoms with Gasteiger partial charge in [-0.15, -0.1) is 0 Å². The number of aromatic nitrogens is 5. The van der Waals surface area contributed by atoms with Crippen molar-refractivity contribution in [3.05, 3.63) is 94.6 Å². The zero-order valence-corrected chi connectivity index (χ0v) is 19.5. The SMILES string of the molecule is Cc1nc2ccc(-n3ncc(C(=O)C4=Cc5ccc(-c6ncccc6C(F)(F)F)cc5C4)c3N)cc2[nH]1. The largest absolute Gasteiger partial charge is 0.418 e. The lowest BCUT2D eigenvalue weighted by Gasteiger charge is -2.12. The lowest BCUT2D eigenvalue weighted by atomic mass is 9.99. The number of benzene rings is 2. The molecule has 0 atom stereocenters. The minimum atomic E-state index is -4.53. The molecule has 37 heavy (non-hydrogen) atoms. The molecule has 7 nitrogen and oxygen atoms in total. The number of allylic oxidation sites excluding steroid dienone is 1. The highest BCUT2D eigenvalue weighted by atomic mass is 19.4. The molecule has 0 unspecified atom stereocenters. The van der Waals surface area contributed by atoms with Crippen LogP contribution in [0.15, 0.2) is 66.5 Å². The quantitative estimate of drug-likeness (QED) is 0.316. The third-order valence-corrected chi connectivity index (χ3v) is 6.41. The van der Waals surface area contributed by atoms with Gasteiger partial charge in [0.1, 0.15) is 11.6 Å². The number of nitrogen functional groups attached to an aromatic ring is 1. The number of nitrogens with one attached hydrogen (secondary N) is 1. The molecule has 0 bridgehead atoms. The van der Waals surface area contributed by atoms with Crippen molar-refractivity contribution in [1.29, 1.82) is 0 Å². The van der Waals surface area contributed by atoms with Crippen LogP contribution in [-0.2, 0) is 12.6 Å². The van der Waals surface area contributed by atoms with Crippen LogP contribution < -0.4 is 5.73 Å². The van der Waals surface area contributed by atoms with Gasteiger partial charge in [-0.2, -0.15) is 18.3 Å². The number of carbonyl (C=O) groups is 1. The van der Waals surface area contributed by atoms with E-state index in [1.54, 1.807) is 24.3 Å². The van der Waals surface area contributed by atoms with Gasteiger partial charge in [0.05, 0.1) is 39.7 Å². The number of nitrogens with two attached hydrogens (primary N) is 1. The maximum absolute atomic E-state index is 13.5. The summed E-state index contributed by atoms with van der Waals surface area (Å²) in [6.07, 6.45) is 0.233. The zero-order chi connectivity index (χ0) is 25.9. The number of H-pyrrole nitrogens is 1. The second-order valence-corrected chi connectivity index (χ2v) is 8.87. The first-order chi connectivity index (χ1) is 17.7. The van der Waals surface area contributed by atoms with E-state index in [4.69, 9.17) is 5.73 Å². The molecular weight excluding hydrogens is 481 g/mol. The molecule has 184 valence electrons. The maximum Gasteiger partial charge on any atom is 0.418 e. The molecular formula is C27H19F3N6O. The van der Waals surface area contributed by atoms with E-state index in [9.17, 15) is 18.0 Å². The molecule has 5 aromatic rings. The Morgan fingerprint density at radius 3 is 2.78 bits per heavy atom. The van der Waals surface area contributed by atoms with E-state index < -0.39 is 11.7 Å². The number of hydrogen-bond acceptors (Lipinski definition) is 5. The van der Waals surface area contributed by atoms with Crippen molar-refractivity contribution >= 4 is 28.7 Å². The summed E-state index contributed by atoms with van der Waals surface area (Å²) in [6, 6.07) is 12.7. The smallest absolute Gasteiger partial charge is 0.383 e. The van der Waals surface area contributed by atoms with Crippen molar-refractivity contribution in [2.75, 3.05) is 5.73 Å². The Morgan fingerprint density at radius 2 is 1.97 bits per heavy atom. The summed E-state index contributed by atoms with van der Waals surface area (Å²) >= 11 is 0. The summed E-state index contributed by atoms with van der Waals surface area (Å²) in [5.74, 6) is 0.695. The molecule has 0 saturated heterocycles. The van der Waals surface area contributed by atoms with Gasteiger partial charge < -0.3 is 10.7 Å². The Kier molecular flexibility index (Phi) is 5.01. The van der Waals surface area contributed by atoms with Crippen LogP contribution in [0.2, 0.25) is 0 Å². The summed E-state index contributed by atoms with van der Waals surface area (Å²) in [4.78, 5) is 24.9. The minimum Gasteiger partial charge on any atom is -0.383 e. The van der Waals surface area contributed by atoms with Crippen LogP contribution in [0.5, 0.6) is 0 Å². The van der Waals surface area contributed by atoms with Gasteiger partial charge in [0, 0.05) is 23.8 Å². The number of fused-ring (bicyclic) bond motifs is 2. The molecule has 1 aliphatic rings. The van der Waals surface area contributed by atoms with Crippen LogP contribution in [-0.4, -0.2) is 30.5 Å². The van der Waals surface area contributed by atoms with Gasteiger partial charge in [0.15, 0.2) is 5.78 Å². The first-order valence-corrected chi connectivity index (χ1v) is 11.4. The molecule has 3 N–H and O–H groups in total. The van der Waals surface area contributed by atoms with Gasteiger partial charge in [-0.25, -0.2) is 9.67 Å². The summed E-state index contributed by atoms with van der Waals surface area (Å²) in [5.41, 5.74) is 10.3. The number of anilines is 1. The molecule has 3 aromatic heterocycles. The van der Waals surface area contributed by atoms with Crippen molar-refractivity contribution < 1.29 is 18.0 Å². The van der Waals surface area contributed by atoms with E-state index in [2.05, 4.69) is 20.1 Å². The van der Waals surface area contributed by atoms with Crippen molar-refractivity contribution in [2.45, 2.75) is 19.5 Å². The number of aromatic amines is 1. The van der Waals surface area contributed by atoms with E-state index in [0.717, 1.165) is 34.1 Å². The van der Waals surface area contributed by atoms with E-state index in [0.29, 0.717) is 16.8 Å². The topological polar surface area (TPSA) is 102 Å². The van der Waals surface area contributed by atoms with E-state index in [1.807, 2.05) is 25.1 Å². The van der Waals surface area contributed by atoms with Gasteiger partial charge in [0.2, 0.25) is 0 Å². The number of ketones is 1. The monoisotopic (exact) mass is 500 g/mol. The minimum absolute atomic E-state index is 0.146. The number of rotatable bonds is 4. The number of imidazole rings is 1. The Bertz CT molecular complexity index is 1740. The van der Waals surface area contributed by atoms with Crippen LogP contribution in [0.25, 0.3) is 34.1 Å². The van der Waals surface area contributed by atoms with Gasteiger partial charge in [0.25, 0.3) is 0 Å². The first kappa shape index (κ1) is 22.7. The second kappa shape index (κ2) is 8.16. The van der Waals surface area contributed by atoms with Crippen molar-refractivity contribution in [2.24, 2.45) is 0 Å². The Morgan fingerprint density at radius 1 is 1.14 bits per heavy atom. The molecule has 3 heterocycles. The number of nitrogens with zero attached hydrogens (tertiary/aromatic N) is 4. The lowest BCUT2D eigenvalue weighted by Crippen LogP contribution is -2.09. The molecule has 0 amide bonds. The molecule has 0 radical (unpaired) electrons. The van der Waals surface area contributed by atoms with Gasteiger partial charge in [-0.3, -0.25) is 9.78 Å². The standard InChI is InChI=1S/C27H19F3N6O/c1-14-34-22-7-6-19(12-23(22)35-14)36-26(31)20(13-33-36)25(37)18-9-15-4-5-16(10-17(15)11-18)24-21(27(28,29)30)3-2-8-32-24/h2-10,12-13H,11,31H2,1H3,(H,34,35). The number of halogens is 3. The fourth-order valence-electron chi connectivity index (χ4n) is 4.67. The fourth-order valence-corrected chi connectivity index (χ4v) is 4.67. The maximum atomic E-state index is 13.5. The number of aryl methyl sites for hydroxylation is 1. The Balaban J connectivity index is 1.28. The van der Waals surface area contributed by atoms with E-state index >= 15 is 0 Å². The third kappa shape index (κ3) is 3.86. The predicted octanol–water partition coefficient (Wildman–Crippen LogP) is 5.54.